The molecule has 4 aliphatic heterocycles. The molecule has 272 valence electrons. The number of likely N-dealkylation sites (tertiary alicyclic amines) is 3. The molecule has 3 aromatic rings. The first-order chi connectivity index (χ1) is 24.6. The molecule has 6 heterocycles. The fourth-order valence-corrected chi connectivity index (χ4v) is 9.28. The van der Waals surface area contributed by atoms with E-state index in [9.17, 15) is 9.59 Å². The molecular weight excluding hydrogens is 649 g/mol. The SMILES string of the molecule is CC(C)Oc1ccc(C2NNC3CCC(N4CC[C@]5(CCN(CC(=O)N6CCC(F)(c7ccc(-c8ncn(C)n8)cc7)CC6)C5)C4=O)CC32)cn1. The zero-order valence-corrected chi connectivity index (χ0v) is 29.9. The molecule has 2 amide bonds. The molecule has 4 saturated heterocycles. The molecule has 51 heavy (non-hydrogen) atoms. The minimum Gasteiger partial charge on any atom is -0.475 e. The molecule has 5 atom stereocenters. The zero-order chi connectivity index (χ0) is 35.3. The second kappa shape index (κ2) is 13.6. The largest absolute Gasteiger partial charge is 0.475 e. The third-order valence-corrected chi connectivity index (χ3v) is 12.1. The summed E-state index contributed by atoms with van der Waals surface area (Å²) in [6.07, 6.45) is 8.73. The number of fused-ring (bicyclic) bond motifs is 1. The summed E-state index contributed by atoms with van der Waals surface area (Å²) in [4.78, 5) is 42.5. The zero-order valence-electron chi connectivity index (χ0n) is 29.9. The second-order valence-electron chi connectivity index (χ2n) is 15.8. The summed E-state index contributed by atoms with van der Waals surface area (Å²) in [7, 11) is 1.82. The lowest BCUT2D eigenvalue weighted by Gasteiger charge is -2.39. The van der Waals surface area contributed by atoms with Crippen molar-refractivity contribution in [3.8, 4) is 17.3 Å². The number of amides is 2. The number of benzene rings is 1. The Morgan fingerprint density at radius 1 is 1.00 bits per heavy atom. The highest BCUT2D eigenvalue weighted by Gasteiger charge is 2.54. The van der Waals surface area contributed by atoms with Crippen molar-refractivity contribution in [3.05, 3.63) is 60.0 Å². The maximum Gasteiger partial charge on any atom is 0.236 e. The van der Waals surface area contributed by atoms with Gasteiger partial charge in [0.1, 0.15) is 12.0 Å². The Hall–Kier alpha value is -3.94. The molecule has 1 spiro atoms. The van der Waals surface area contributed by atoms with Crippen LogP contribution >= 0.6 is 0 Å². The molecule has 0 bridgehead atoms. The summed E-state index contributed by atoms with van der Waals surface area (Å²) in [6, 6.07) is 12.1. The number of nitrogens with zero attached hydrogens (tertiary/aromatic N) is 7. The Morgan fingerprint density at radius 2 is 1.78 bits per heavy atom. The first-order valence-electron chi connectivity index (χ1n) is 18.7. The Labute approximate surface area is 299 Å². The van der Waals surface area contributed by atoms with Crippen LogP contribution in [0.25, 0.3) is 11.4 Å². The number of carbonyl (C=O) groups is 2. The molecule has 1 aromatic carbocycles. The van der Waals surface area contributed by atoms with Gasteiger partial charge >= 0.3 is 0 Å². The molecule has 2 aromatic heterocycles. The molecule has 1 saturated carbocycles. The number of aryl methyl sites for hydroxylation is 1. The van der Waals surface area contributed by atoms with Gasteiger partial charge in [0, 0.05) is 76.0 Å². The number of rotatable bonds is 8. The first-order valence-corrected chi connectivity index (χ1v) is 18.7. The summed E-state index contributed by atoms with van der Waals surface area (Å²) in [5.41, 5.74) is 7.76. The van der Waals surface area contributed by atoms with Gasteiger partial charge in [-0.2, -0.15) is 5.10 Å². The normalized spacial score (nSPS) is 29.3. The van der Waals surface area contributed by atoms with E-state index in [0.29, 0.717) is 48.9 Å². The Morgan fingerprint density at radius 3 is 2.49 bits per heavy atom. The summed E-state index contributed by atoms with van der Waals surface area (Å²) in [6.45, 7) is 7.16. The maximum atomic E-state index is 16.1. The minimum atomic E-state index is -1.47. The summed E-state index contributed by atoms with van der Waals surface area (Å²) < 4.78 is 23.5. The quantitative estimate of drug-likeness (QED) is 0.362. The van der Waals surface area contributed by atoms with Crippen molar-refractivity contribution < 1.29 is 18.7 Å². The fraction of sp³-hybridized carbons (Fsp3) is 0.605. The van der Waals surface area contributed by atoms with E-state index in [4.69, 9.17) is 4.74 Å². The Kier molecular flexibility index (Phi) is 9.08. The molecule has 1 aliphatic carbocycles. The van der Waals surface area contributed by atoms with Gasteiger partial charge < -0.3 is 14.5 Å². The number of carbonyl (C=O) groups excluding carboxylic acids is 2. The molecule has 0 radical (unpaired) electrons. The Balaban J connectivity index is 0.834. The van der Waals surface area contributed by atoms with Crippen molar-refractivity contribution in [2.75, 3.05) is 39.3 Å². The van der Waals surface area contributed by atoms with E-state index in [-0.39, 0.29) is 49.4 Å². The van der Waals surface area contributed by atoms with Crippen LogP contribution < -0.4 is 15.6 Å². The van der Waals surface area contributed by atoms with Crippen molar-refractivity contribution in [1.82, 2.24) is 45.3 Å². The molecule has 5 aliphatic rings. The fourth-order valence-electron chi connectivity index (χ4n) is 9.28. The number of hydrazine groups is 1. The number of aromatic nitrogens is 4. The third-order valence-electron chi connectivity index (χ3n) is 12.1. The monoisotopic (exact) mass is 699 g/mol. The molecule has 8 rings (SSSR count). The van der Waals surface area contributed by atoms with Gasteiger partial charge in [-0.1, -0.05) is 30.3 Å². The van der Waals surface area contributed by atoms with E-state index in [1.54, 1.807) is 15.9 Å². The van der Waals surface area contributed by atoms with E-state index < -0.39 is 11.1 Å². The van der Waals surface area contributed by atoms with Crippen LogP contribution in [0.3, 0.4) is 0 Å². The van der Waals surface area contributed by atoms with Crippen molar-refractivity contribution in [3.63, 3.8) is 0 Å². The lowest BCUT2D eigenvalue weighted by molar-refractivity contribution is -0.139. The standard InChI is InChI=1S/C38H50FN9O3/c1-25(2)51-32-11-6-27(21-40-32)34-30-20-29(9-10-31(30)42-43-34)48-19-13-37(36(48)50)12-16-46(23-37)22-33(49)47-17-14-38(39,15-18-47)28-7-4-26(5-8-28)35-41-24-45(3)44-35/h4-8,11,21,24-25,29-31,34,42-43H,9-10,12-20,22-23H2,1-3H3/t29?,30?,31?,34?,37-/m0/s1. The summed E-state index contributed by atoms with van der Waals surface area (Å²) >= 11 is 0. The van der Waals surface area contributed by atoms with Crippen LogP contribution in [0.5, 0.6) is 5.88 Å². The topological polar surface area (TPSA) is 121 Å². The van der Waals surface area contributed by atoms with Gasteiger partial charge in [-0.05, 0) is 69.5 Å². The third kappa shape index (κ3) is 6.64. The van der Waals surface area contributed by atoms with E-state index in [2.05, 4.69) is 41.8 Å². The van der Waals surface area contributed by atoms with Gasteiger partial charge in [-0.3, -0.25) is 24.6 Å². The number of hydrogen-bond donors (Lipinski definition) is 2. The predicted molar refractivity (Wildman–Crippen MR) is 189 cm³/mol. The number of halogens is 1. The lowest BCUT2D eigenvalue weighted by Crippen LogP contribution is -2.48. The Bertz CT molecular complexity index is 1720. The summed E-state index contributed by atoms with van der Waals surface area (Å²) in [5.74, 6) is 1.89. The average molecular weight is 700 g/mol. The highest BCUT2D eigenvalue weighted by Crippen LogP contribution is 2.46. The van der Waals surface area contributed by atoms with Gasteiger partial charge in [-0.25, -0.2) is 19.8 Å². The van der Waals surface area contributed by atoms with Gasteiger partial charge in [0.25, 0.3) is 0 Å². The molecule has 5 fully saturated rings. The lowest BCUT2D eigenvalue weighted by atomic mass is 9.77. The number of nitrogens with one attached hydrogen (secondary N) is 2. The van der Waals surface area contributed by atoms with Crippen LogP contribution in [0.15, 0.2) is 48.9 Å². The van der Waals surface area contributed by atoms with Crippen molar-refractivity contribution in [2.24, 2.45) is 18.4 Å². The second-order valence-corrected chi connectivity index (χ2v) is 15.8. The molecule has 12 nitrogen and oxygen atoms in total. The van der Waals surface area contributed by atoms with Crippen molar-refractivity contribution in [1.29, 1.82) is 0 Å². The van der Waals surface area contributed by atoms with Crippen LogP contribution in [-0.2, 0) is 22.3 Å². The van der Waals surface area contributed by atoms with Crippen LogP contribution in [0.2, 0.25) is 0 Å². The number of pyridine rings is 1. The van der Waals surface area contributed by atoms with Crippen LogP contribution in [-0.4, -0.2) is 104 Å². The van der Waals surface area contributed by atoms with Crippen LogP contribution in [0, 0.1) is 11.3 Å². The molecular formula is C38H50FN9O3. The van der Waals surface area contributed by atoms with E-state index in [1.165, 1.54) is 0 Å². The highest BCUT2D eigenvalue weighted by atomic mass is 19.1. The average Bonchev–Trinajstić information content (AvgIpc) is 3.92. The first kappa shape index (κ1) is 34.2. The smallest absolute Gasteiger partial charge is 0.236 e. The molecule has 2 N–H and O–H groups in total. The number of alkyl halides is 1. The minimum absolute atomic E-state index is 0.0249. The van der Waals surface area contributed by atoms with Gasteiger partial charge in [-0.15, -0.1) is 0 Å². The maximum absolute atomic E-state index is 16.1. The van der Waals surface area contributed by atoms with E-state index in [1.807, 2.05) is 57.4 Å². The van der Waals surface area contributed by atoms with Crippen molar-refractivity contribution in [2.45, 2.75) is 88.7 Å². The molecule has 13 heteroatoms. The highest BCUT2D eigenvalue weighted by molar-refractivity contribution is 5.86. The van der Waals surface area contributed by atoms with Crippen molar-refractivity contribution >= 4 is 11.8 Å². The van der Waals surface area contributed by atoms with E-state index in [0.717, 1.165) is 56.3 Å². The van der Waals surface area contributed by atoms with Gasteiger partial charge in [0.15, 0.2) is 5.82 Å². The molecule has 4 unspecified atom stereocenters. The van der Waals surface area contributed by atoms with Crippen LogP contribution in [0.4, 0.5) is 4.39 Å². The van der Waals surface area contributed by atoms with E-state index >= 15 is 4.39 Å². The van der Waals surface area contributed by atoms with Gasteiger partial charge in [0.2, 0.25) is 17.7 Å². The number of hydrogen-bond acceptors (Lipinski definition) is 9. The predicted octanol–water partition coefficient (Wildman–Crippen LogP) is 3.76. The number of ether oxygens (including phenoxy) is 1. The van der Waals surface area contributed by atoms with Gasteiger partial charge in [0.05, 0.1) is 24.1 Å². The summed E-state index contributed by atoms with van der Waals surface area (Å²) in [5, 5.41) is 4.33. The number of piperidine rings is 1. The van der Waals surface area contributed by atoms with Crippen LogP contribution in [0.1, 0.15) is 76.0 Å².